The van der Waals surface area contributed by atoms with Crippen molar-refractivity contribution in [2.45, 2.75) is 19.9 Å². The summed E-state index contributed by atoms with van der Waals surface area (Å²) in [5.74, 6) is 0.0598. The van der Waals surface area contributed by atoms with Crippen molar-refractivity contribution in [3.63, 3.8) is 0 Å². The number of aromatic amines is 1. The lowest BCUT2D eigenvalue weighted by atomic mass is 10.0. The van der Waals surface area contributed by atoms with Gasteiger partial charge in [-0.25, -0.2) is 4.98 Å². The van der Waals surface area contributed by atoms with Crippen LogP contribution in [-0.2, 0) is 4.74 Å². The molecule has 1 saturated heterocycles. The van der Waals surface area contributed by atoms with Crippen LogP contribution < -0.4 is 5.32 Å². The summed E-state index contributed by atoms with van der Waals surface area (Å²) in [6.45, 7) is 6.75. The van der Waals surface area contributed by atoms with Crippen LogP contribution in [0.4, 0.5) is 5.69 Å². The molecule has 27 heavy (non-hydrogen) atoms. The number of nitrogens with one attached hydrogen (secondary N) is 2. The standard InChI is InChI=1S/C21H24N4O2/c1-14(2)24-19-17-7-8-22-20(17)23-13-18(19)15-3-5-16(6-4-15)21(26)25-9-11-27-12-10-25/h3-8,13-14H,9-12H2,1-2H3,(H2,22,23,24). The van der Waals surface area contributed by atoms with Crippen LogP contribution in [0.1, 0.15) is 24.2 Å². The van der Waals surface area contributed by atoms with Crippen LogP contribution in [-0.4, -0.2) is 53.1 Å². The molecule has 3 heterocycles. The molecule has 0 spiro atoms. The summed E-state index contributed by atoms with van der Waals surface area (Å²) in [4.78, 5) is 22.2. The summed E-state index contributed by atoms with van der Waals surface area (Å²) in [7, 11) is 0. The molecule has 6 nitrogen and oxygen atoms in total. The van der Waals surface area contributed by atoms with Gasteiger partial charge in [-0.2, -0.15) is 0 Å². The third-order valence-corrected chi connectivity index (χ3v) is 4.76. The number of anilines is 1. The molecule has 1 fully saturated rings. The Morgan fingerprint density at radius 1 is 1.19 bits per heavy atom. The summed E-state index contributed by atoms with van der Waals surface area (Å²) < 4.78 is 5.33. The maximum atomic E-state index is 12.6. The van der Waals surface area contributed by atoms with Gasteiger partial charge in [0.05, 0.1) is 18.9 Å². The van der Waals surface area contributed by atoms with Crippen LogP contribution in [0.25, 0.3) is 22.2 Å². The normalized spacial score (nSPS) is 14.7. The Kier molecular flexibility index (Phi) is 4.81. The van der Waals surface area contributed by atoms with Gasteiger partial charge in [0.2, 0.25) is 0 Å². The predicted molar refractivity (Wildman–Crippen MR) is 107 cm³/mol. The number of carbonyl (C=O) groups is 1. The Morgan fingerprint density at radius 2 is 1.93 bits per heavy atom. The maximum Gasteiger partial charge on any atom is 0.254 e. The van der Waals surface area contributed by atoms with E-state index in [1.165, 1.54) is 0 Å². The third kappa shape index (κ3) is 3.53. The van der Waals surface area contributed by atoms with Crippen molar-refractivity contribution in [1.29, 1.82) is 0 Å². The van der Waals surface area contributed by atoms with E-state index in [0.29, 0.717) is 37.9 Å². The van der Waals surface area contributed by atoms with Gasteiger partial charge in [0.15, 0.2) is 0 Å². The van der Waals surface area contributed by atoms with Gasteiger partial charge in [-0.15, -0.1) is 0 Å². The van der Waals surface area contributed by atoms with Crippen LogP contribution in [0.15, 0.2) is 42.7 Å². The highest BCUT2D eigenvalue weighted by Gasteiger charge is 2.19. The first-order chi connectivity index (χ1) is 13.1. The average Bonchev–Trinajstić information content (AvgIpc) is 3.17. The summed E-state index contributed by atoms with van der Waals surface area (Å²) in [5.41, 5.74) is 4.69. The molecule has 0 unspecified atom stereocenters. The zero-order valence-corrected chi connectivity index (χ0v) is 15.7. The summed E-state index contributed by atoms with van der Waals surface area (Å²) >= 11 is 0. The smallest absolute Gasteiger partial charge is 0.254 e. The number of pyridine rings is 1. The van der Waals surface area contributed by atoms with Gasteiger partial charge in [-0.3, -0.25) is 4.79 Å². The molecule has 0 bridgehead atoms. The number of amides is 1. The minimum Gasteiger partial charge on any atom is -0.382 e. The molecule has 0 saturated carbocycles. The molecule has 3 aromatic rings. The second-order valence-corrected chi connectivity index (χ2v) is 7.07. The Bertz CT molecular complexity index is 940. The molecule has 140 valence electrons. The first-order valence-electron chi connectivity index (χ1n) is 9.33. The number of morpholine rings is 1. The van der Waals surface area contributed by atoms with E-state index >= 15 is 0 Å². The van der Waals surface area contributed by atoms with Crippen LogP contribution in [0.3, 0.4) is 0 Å². The molecule has 2 aromatic heterocycles. The molecular formula is C21H24N4O2. The molecule has 2 N–H and O–H groups in total. The number of ether oxygens (including phenoxy) is 1. The lowest BCUT2D eigenvalue weighted by Crippen LogP contribution is -2.40. The maximum absolute atomic E-state index is 12.6. The lowest BCUT2D eigenvalue weighted by Gasteiger charge is -2.27. The van der Waals surface area contributed by atoms with E-state index in [0.717, 1.165) is 27.8 Å². The quantitative estimate of drug-likeness (QED) is 0.743. The van der Waals surface area contributed by atoms with Crippen LogP contribution in [0.5, 0.6) is 0 Å². The topological polar surface area (TPSA) is 70.2 Å². The molecule has 1 aliphatic heterocycles. The molecule has 4 rings (SSSR count). The third-order valence-electron chi connectivity index (χ3n) is 4.76. The highest BCUT2D eigenvalue weighted by Crippen LogP contribution is 2.34. The summed E-state index contributed by atoms with van der Waals surface area (Å²) in [6.07, 6.45) is 3.78. The first-order valence-corrected chi connectivity index (χ1v) is 9.33. The van der Waals surface area contributed by atoms with Gasteiger partial charge in [0.1, 0.15) is 5.65 Å². The summed E-state index contributed by atoms with van der Waals surface area (Å²) in [6, 6.07) is 10.1. The van der Waals surface area contributed by atoms with Gasteiger partial charge >= 0.3 is 0 Å². The zero-order valence-electron chi connectivity index (χ0n) is 15.7. The lowest BCUT2D eigenvalue weighted by molar-refractivity contribution is 0.0303. The number of carbonyl (C=O) groups excluding carboxylic acids is 1. The fourth-order valence-electron chi connectivity index (χ4n) is 3.41. The Balaban J connectivity index is 1.66. The zero-order chi connectivity index (χ0) is 18.8. The van der Waals surface area contributed by atoms with Crippen molar-refractivity contribution in [3.05, 3.63) is 48.3 Å². The Morgan fingerprint density at radius 3 is 2.63 bits per heavy atom. The monoisotopic (exact) mass is 364 g/mol. The molecule has 6 heteroatoms. The molecule has 0 radical (unpaired) electrons. The highest BCUT2D eigenvalue weighted by molar-refractivity contribution is 5.99. The fourth-order valence-corrected chi connectivity index (χ4v) is 3.41. The van der Waals surface area contributed by atoms with E-state index < -0.39 is 0 Å². The number of rotatable bonds is 4. The van der Waals surface area contributed by atoms with E-state index in [-0.39, 0.29) is 5.91 Å². The van der Waals surface area contributed by atoms with Crippen molar-refractivity contribution in [2.24, 2.45) is 0 Å². The van der Waals surface area contributed by atoms with Crippen LogP contribution >= 0.6 is 0 Å². The molecule has 1 aliphatic rings. The number of hydrogen-bond donors (Lipinski definition) is 2. The van der Waals surface area contributed by atoms with E-state index in [2.05, 4.69) is 29.1 Å². The number of fused-ring (bicyclic) bond motifs is 1. The number of benzene rings is 1. The number of aromatic nitrogens is 2. The SMILES string of the molecule is CC(C)Nc1c(-c2ccc(C(=O)N3CCOCC3)cc2)cnc2[nH]ccc12. The molecule has 0 aliphatic carbocycles. The van der Waals surface area contributed by atoms with Crippen molar-refractivity contribution in [3.8, 4) is 11.1 Å². The minimum absolute atomic E-state index is 0.0598. The number of hydrogen-bond acceptors (Lipinski definition) is 4. The number of H-pyrrole nitrogens is 1. The summed E-state index contributed by atoms with van der Waals surface area (Å²) in [5, 5.41) is 4.61. The largest absolute Gasteiger partial charge is 0.382 e. The van der Waals surface area contributed by atoms with Crippen molar-refractivity contribution >= 4 is 22.6 Å². The molecular weight excluding hydrogens is 340 g/mol. The van der Waals surface area contributed by atoms with E-state index in [9.17, 15) is 4.79 Å². The van der Waals surface area contributed by atoms with E-state index in [1.54, 1.807) is 0 Å². The van der Waals surface area contributed by atoms with Gasteiger partial charge in [-0.1, -0.05) is 12.1 Å². The second kappa shape index (κ2) is 7.40. The number of nitrogens with zero attached hydrogens (tertiary/aromatic N) is 2. The van der Waals surface area contributed by atoms with Crippen molar-refractivity contribution in [1.82, 2.24) is 14.9 Å². The molecule has 1 amide bonds. The second-order valence-electron chi connectivity index (χ2n) is 7.07. The van der Waals surface area contributed by atoms with Gasteiger partial charge in [-0.05, 0) is 37.6 Å². The van der Waals surface area contributed by atoms with Crippen LogP contribution in [0, 0.1) is 0 Å². The predicted octanol–water partition coefficient (Wildman–Crippen LogP) is 3.52. The average molecular weight is 364 g/mol. The van der Waals surface area contributed by atoms with E-state index in [1.807, 2.05) is 47.6 Å². The molecule has 1 aromatic carbocycles. The van der Waals surface area contributed by atoms with Crippen molar-refractivity contribution < 1.29 is 9.53 Å². The Hall–Kier alpha value is -2.86. The Labute approximate surface area is 158 Å². The van der Waals surface area contributed by atoms with Gasteiger partial charge in [0.25, 0.3) is 5.91 Å². The van der Waals surface area contributed by atoms with Gasteiger partial charge < -0.3 is 19.9 Å². The first kappa shape index (κ1) is 17.5. The highest BCUT2D eigenvalue weighted by atomic mass is 16.5. The fraction of sp³-hybridized carbons (Fsp3) is 0.333. The van der Waals surface area contributed by atoms with E-state index in [4.69, 9.17) is 4.74 Å². The molecule has 0 atom stereocenters. The van der Waals surface area contributed by atoms with Crippen molar-refractivity contribution in [2.75, 3.05) is 31.6 Å². The van der Waals surface area contributed by atoms with Gasteiger partial charge in [0, 0.05) is 48.0 Å². The van der Waals surface area contributed by atoms with Crippen LogP contribution in [0.2, 0.25) is 0 Å². The minimum atomic E-state index is 0.0598.